The minimum atomic E-state index is -0.346. The second-order valence-corrected chi connectivity index (χ2v) is 6.08. The highest BCUT2D eigenvalue weighted by Gasteiger charge is 2.10. The predicted octanol–water partition coefficient (Wildman–Crippen LogP) is 4.74. The van der Waals surface area contributed by atoms with E-state index in [2.05, 4.69) is 10.6 Å². The summed E-state index contributed by atoms with van der Waals surface area (Å²) < 4.78 is 0. The zero-order chi connectivity index (χ0) is 16.3. The van der Waals surface area contributed by atoms with Gasteiger partial charge < -0.3 is 5.32 Å². The molecule has 114 valence electrons. The summed E-state index contributed by atoms with van der Waals surface area (Å²) in [4.78, 5) is 12.1. The van der Waals surface area contributed by atoms with Crippen LogP contribution in [-0.2, 0) is 0 Å². The number of amides is 1. The summed E-state index contributed by atoms with van der Waals surface area (Å²) in [5.74, 6) is -0.346. The van der Waals surface area contributed by atoms with E-state index in [9.17, 15) is 4.79 Å². The Labute approximate surface area is 144 Å². The van der Waals surface area contributed by atoms with E-state index < -0.39 is 0 Å². The van der Waals surface area contributed by atoms with Gasteiger partial charge in [-0.05, 0) is 55.9 Å². The summed E-state index contributed by atoms with van der Waals surface area (Å²) in [7, 11) is 0. The van der Waals surface area contributed by atoms with E-state index in [1.54, 1.807) is 12.1 Å². The summed E-state index contributed by atoms with van der Waals surface area (Å²) >= 11 is 16.9. The SMILES string of the molecule is Cc1ccc(NC(=S)NC(=O)c2ccc(Cl)c(Cl)c2)c(C)c1. The lowest BCUT2D eigenvalue weighted by molar-refractivity contribution is 0.0977. The number of carbonyl (C=O) groups is 1. The molecule has 2 rings (SSSR count). The average molecular weight is 353 g/mol. The maximum atomic E-state index is 12.1. The third kappa shape index (κ3) is 4.19. The average Bonchev–Trinajstić information content (AvgIpc) is 2.45. The van der Waals surface area contributed by atoms with Gasteiger partial charge in [0.1, 0.15) is 0 Å². The quantitative estimate of drug-likeness (QED) is 0.767. The van der Waals surface area contributed by atoms with Crippen LogP contribution in [0, 0.1) is 13.8 Å². The van der Waals surface area contributed by atoms with Gasteiger partial charge in [0, 0.05) is 11.3 Å². The van der Waals surface area contributed by atoms with Crippen molar-refractivity contribution in [2.75, 3.05) is 5.32 Å². The Morgan fingerprint density at radius 2 is 1.77 bits per heavy atom. The van der Waals surface area contributed by atoms with Crippen molar-refractivity contribution in [3.8, 4) is 0 Å². The molecule has 0 spiro atoms. The molecule has 0 aliphatic heterocycles. The zero-order valence-corrected chi connectivity index (χ0v) is 14.4. The summed E-state index contributed by atoms with van der Waals surface area (Å²) in [6.45, 7) is 3.99. The highest BCUT2D eigenvalue weighted by atomic mass is 35.5. The summed E-state index contributed by atoms with van der Waals surface area (Å²) in [6.07, 6.45) is 0. The van der Waals surface area contributed by atoms with Crippen LogP contribution in [0.1, 0.15) is 21.5 Å². The first-order valence-electron chi connectivity index (χ1n) is 6.51. The predicted molar refractivity (Wildman–Crippen MR) is 96.1 cm³/mol. The van der Waals surface area contributed by atoms with Crippen molar-refractivity contribution in [1.29, 1.82) is 0 Å². The van der Waals surface area contributed by atoms with Crippen LogP contribution in [0.4, 0.5) is 5.69 Å². The molecule has 0 saturated carbocycles. The minimum absolute atomic E-state index is 0.225. The molecule has 0 aliphatic carbocycles. The first-order valence-corrected chi connectivity index (χ1v) is 7.68. The normalized spacial score (nSPS) is 10.2. The van der Waals surface area contributed by atoms with Crippen molar-refractivity contribution in [1.82, 2.24) is 5.32 Å². The molecule has 2 aromatic carbocycles. The standard InChI is InChI=1S/C16H14Cl2N2OS/c1-9-3-6-14(10(2)7-9)19-16(22)20-15(21)11-4-5-12(17)13(18)8-11/h3-8H,1-2H3,(H2,19,20,21,22). The van der Waals surface area contributed by atoms with E-state index in [1.807, 2.05) is 32.0 Å². The van der Waals surface area contributed by atoms with Crippen molar-refractivity contribution in [3.63, 3.8) is 0 Å². The number of hydrogen-bond donors (Lipinski definition) is 2. The van der Waals surface area contributed by atoms with Gasteiger partial charge in [0.25, 0.3) is 5.91 Å². The van der Waals surface area contributed by atoms with Crippen molar-refractivity contribution < 1.29 is 4.79 Å². The van der Waals surface area contributed by atoms with Gasteiger partial charge in [-0.1, -0.05) is 40.9 Å². The molecule has 2 N–H and O–H groups in total. The molecule has 0 saturated heterocycles. The summed E-state index contributed by atoms with van der Waals surface area (Å²) in [6, 6.07) is 10.6. The lowest BCUT2D eigenvalue weighted by atomic mass is 10.1. The fraction of sp³-hybridized carbons (Fsp3) is 0.125. The Balaban J connectivity index is 2.05. The molecule has 0 heterocycles. The van der Waals surface area contributed by atoms with Crippen LogP contribution in [0.3, 0.4) is 0 Å². The number of anilines is 1. The fourth-order valence-electron chi connectivity index (χ4n) is 1.92. The number of aryl methyl sites for hydroxylation is 2. The lowest BCUT2D eigenvalue weighted by Gasteiger charge is -2.12. The van der Waals surface area contributed by atoms with Crippen LogP contribution in [0.15, 0.2) is 36.4 Å². The number of nitrogens with one attached hydrogen (secondary N) is 2. The molecule has 22 heavy (non-hydrogen) atoms. The Hall–Kier alpha value is -1.62. The Kier molecular flexibility index (Phi) is 5.40. The molecule has 6 heteroatoms. The van der Waals surface area contributed by atoms with Crippen molar-refractivity contribution >= 4 is 52.1 Å². The van der Waals surface area contributed by atoms with Gasteiger partial charge in [-0.3, -0.25) is 10.1 Å². The van der Waals surface area contributed by atoms with Crippen molar-refractivity contribution in [2.45, 2.75) is 13.8 Å². The maximum Gasteiger partial charge on any atom is 0.257 e. The topological polar surface area (TPSA) is 41.1 Å². The molecule has 3 nitrogen and oxygen atoms in total. The first-order chi connectivity index (χ1) is 10.4. The number of thiocarbonyl (C=S) groups is 1. The van der Waals surface area contributed by atoms with Crippen molar-refractivity contribution in [2.24, 2.45) is 0 Å². The van der Waals surface area contributed by atoms with Crippen LogP contribution in [0.25, 0.3) is 0 Å². The third-order valence-corrected chi connectivity index (χ3v) is 3.98. The Morgan fingerprint density at radius 1 is 1.05 bits per heavy atom. The van der Waals surface area contributed by atoms with Crippen LogP contribution >= 0.6 is 35.4 Å². The molecule has 0 atom stereocenters. The van der Waals surface area contributed by atoms with E-state index in [0.29, 0.717) is 15.6 Å². The fourth-order valence-corrected chi connectivity index (χ4v) is 2.42. The van der Waals surface area contributed by atoms with E-state index >= 15 is 0 Å². The summed E-state index contributed by atoms with van der Waals surface area (Å²) in [5, 5.41) is 6.56. The van der Waals surface area contributed by atoms with Gasteiger partial charge in [-0.2, -0.15) is 0 Å². The molecular formula is C16H14Cl2N2OS. The molecule has 0 aliphatic rings. The van der Waals surface area contributed by atoms with Crippen LogP contribution in [-0.4, -0.2) is 11.0 Å². The smallest absolute Gasteiger partial charge is 0.257 e. The van der Waals surface area contributed by atoms with Gasteiger partial charge in [-0.25, -0.2) is 0 Å². The molecule has 1 amide bonds. The van der Waals surface area contributed by atoms with E-state index in [-0.39, 0.29) is 11.0 Å². The second kappa shape index (κ2) is 7.09. The number of rotatable bonds is 2. The van der Waals surface area contributed by atoms with Gasteiger partial charge >= 0.3 is 0 Å². The Morgan fingerprint density at radius 3 is 2.41 bits per heavy atom. The minimum Gasteiger partial charge on any atom is -0.332 e. The van der Waals surface area contributed by atoms with E-state index in [1.165, 1.54) is 6.07 Å². The van der Waals surface area contributed by atoms with Crippen molar-refractivity contribution in [3.05, 3.63) is 63.1 Å². The van der Waals surface area contributed by atoms with Crippen LogP contribution in [0.2, 0.25) is 10.0 Å². The van der Waals surface area contributed by atoms with Crippen LogP contribution in [0.5, 0.6) is 0 Å². The Bertz CT molecular complexity index is 747. The van der Waals surface area contributed by atoms with Gasteiger partial charge in [-0.15, -0.1) is 0 Å². The van der Waals surface area contributed by atoms with E-state index in [0.717, 1.165) is 16.8 Å². The zero-order valence-electron chi connectivity index (χ0n) is 12.0. The number of hydrogen-bond acceptors (Lipinski definition) is 2. The summed E-state index contributed by atoms with van der Waals surface area (Å²) in [5.41, 5.74) is 3.45. The maximum absolute atomic E-state index is 12.1. The molecule has 2 aromatic rings. The van der Waals surface area contributed by atoms with E-state index in [4.69, 9.17) is 35.4 Å². The molecular weight excluding hydrogens is 339 g/mol. The number of benzene rings is 2. The monoisotopic (exact) mass is 352 g/mol. The highest BCUT2D eigenvalue weighted by molar-refractivity contribution is 7.80. The molecule has 0 unspecified atom stereocenters. The molecule has 0 bridgehead atoms. The first kappa shape index (κ1) is 16.7. The largest absolute Gasteiger partial charge is 0.332 e. The second-order valence-electron chi connectivity index (χ2n) is 4.86. The van der Waals surface area contributed by atoms with Gasteiger partial charge in [0.2, 0.25) is 0 Å². The van der Waals surface area contributed by atoms with Gasteiger partial charge in [0.15, 0.2) is 5.11 Å². The van der Waals surface area contributed by atoms with Gasteiger partial charge in [0.05, 0.1) is 10.0 Å². The molecule has 0 fully saturated rings. The van der Waals surface area contributed by atoms with Crippen LogP contribution < -0.4 is 10.6 Å². The lowest BCUT2D eigenvalue weighted by Crippen LogP contribution is -2.34. The number of carbonyl (C=O) groups excluding carboxylic acids is 1. The highest BCUT2D eigenvalue weighted by Crippen LogP contribution is 2.22. The third-order valence-electron chi connectivity index (χ3n) is 3.04. The molecule has 0 aromatic heterocycles. The number of halogens is 2. The molecule has 0 radical (unpaired) electrons.